The van der Waals surface area contributed by atoms with Crippen LogP contribution in [0.4, 0.5) is 10.1 Å². The number of ether oxygens (including phenoxy) is 1. The first-order valence-corrected chi connectivity index (χ1v) is 11.6. The van der Waals surface area contributed by atoms with Crippen LogP contribution in [0.5, 0.6) is 0 Å². The Balaban J connectivity index is 1.61. The third kappa shape index (κ3) is 5.39. The van der Waals surface area contributed by atoms with Gasteiger partial charge in [-0.15, -0.1) is 11.3 Å². The minimum Gasteiger partial charge on any atom is -0.477 e. The molecular formula is C24H22ClFN4O3S. The van der Waals surface area contributed by atoms with Crippen molar-refractivity contribution >= 4 is 56.1 Å². The fourth-order valence-electron chi connectivity index (χ4n) is 3.51. The monoisotopic (exact) mass is 500 g/mol. The minimum absolute atomic E-state index is 0.00655. The van der Waals surface area contributed by atoms with Gasteiger partial charge in [-0.3, -0.25) is 5.41 Å². The number of rotatable bonds is 7. The summed E-state index contributed by atoms with van der Waals surface area (Å²) in [5.41, 5.74) is 1.92. The van der Waals surface area contributed by atoms with Crippen molar-refractivity contribution in [1.82, 2.24) is 10.2 Å². The summed E-state index contributed by atoms with van der Waals surface area (Å²) in [6.07, 6.45) is 1.67. The van der Waals surface area contributed by atoms with E-state index in [0.717, 1.165) is 15.6 Å². The molecule has 0 atom stereocenters. The molecule has 2 heterocycles. The second-order valence-electron chi connectivity index (χ2n) is 7.55. The number of halogens is 2. The predicted octanol–water partition coefficient (Wildman–Crippen LogP) is 5.22. The number of amidine groups is 1. The number of carboxylic acid groups (broad SMARTS) is 1. The number of fused-ring (bicyclic) bond motifs is 1. The van der Waals surface area contributed by atoms with Crippen LogP contribution in [-0.4, -0.2) is 48.1 Å². The highest BCUT2D eigenvalue weighted by molar-refractivity contribution is 7.20. The van der Waals surface area contributed by atoms with E-state index in [4.69, 9.17) is 21.7 Å². The largest absolute Gasteiger partial charge is 0.477 e. The standard InChI is InChI=1S/C24H22ClFN4O3S/c1-14(29-17-3-4-20(26)19(25)12-17)28-13-18(23(27)30-6-8-33-9-7-30)15-2-5-21-16(10-15)11-22(34-21)24(31)32/h2-5,10-13,27-29H,1,6-9H2,(H,31,32). The number of hydrogen-bond donors (Lipinski definition) is 4. The van der Waals surface area contributed by atoms with Gasteiger partial charge in [-0.1, -0.05) is 24.2 Å². The van der Waals surface area contributed by atoms with E-state index in [1.807, 2.05) is 23.1 Å². The molecule has 4 rings (SSSR count). The number of nitrogens with zero attached hydrogens (tertiary/aromatic N) is 1. The SMILES string of the molecule is C=C(NC=C(C(=N)N1CCOCC1)c1ccc2sc(C(=O)O)cc2c1)Nc1ccc(F)c(Cl)c1. The molecule has 0 aliphatic carbocycles. The smallest absolute Gasteiger partial charge is 0.345 e. The zero-order valence-corrected chi connectivity index (χ0v) is 19.6. The molecule has 1 fully saturated rings. The fourth-order valence-corrected chi connectivity index (χ4v) is 4.57. The highest BCUT2D eigenvalue weighted by Crippen LogP contribution is 2.29. The summed E-state index contributed by atoms with van der Waals surface area (Å²) in [4.78, 5) is 13.5. The van der Waals surface area contributed by atoms with Gasteiger partial charge in [-0.05, 0) is 47.3 Å². The molecule has 0 spiro atoms. The molecule has 1 saturated heterocycles. The Kier molecular flexibility index (Phi) is 7.16. The summed E-state index contributed by atoms with van der Waals surface area (Å²) in [6, 6.07) is 11.5. The molecule has 3 aromatic rings. The third-order valence-corrected chi connectivity index (χ3v) is 6.62. The van der Waals surface area contributed by atoms with Crippen LogP contribution in [0.1, 0.15) is 15.2 Å². The van der Waals surface area contributed by atoms with Crippen LogP contribution < -0.4 is 10.6 Å². The Morgan fingerprint density at radius 2 is 2.00 bits per heavy atom. The van der Waals surface area contributed by atoms with E-state index in [0.29, 0.717) is 49.2 Å². The maximum Gasteiger partial charge on any atom is 0.345 e. The number of carbonyl (C=O) groups is 1. The predicted molar refractivity (Wildman–Crippen MR) is 134 cm³/mol. The topological polar surface area (TPSA) is 97.7 Å². The third-order valence-electron chi connectivity index (χ3n) is 5.23. The molecule has 1 aliphatic rings. The zero-order valence-electron chi connectivity index (χ0n) is 18.0. The average molecular weight is 501 g/mol. The summed E-state index contributed by atoms with van der Waals surface area (Å²) in [6.45, 7) is 6.19. The molecule has 1 aliphatic heterocycles. The molecule has 176 valence electrons. The van der Waals surface area contributed by atoms with E-state index < -0.39 is 11.8 Å². The van der Waals surface area contributed by atoms with Crippen molar-refractivity contribution in [2.24, 2.45) is 0 Å². The first kappa shape index (κ1) is 23.7. The Bertz CT molecular complexity index is 1300. The highest BCUT2D eigenvalue weighted by atomic mass is 35.5. The summed E-state index contributed by atoms with van der Waals surface area (Å²) >= 11 is 7.05. The highest BCUT2D eigenvalue weighted by Gasteiger charge is 2.19. The number of morpholine rings is 1. The number of hydrogen-bond acceptors (Lipinski definition) is 6. The van der Waals surface area contributed by atoms with Crippen LogP contribution in [0.25, 0.3) is 15.7 Å². The molecule has 4 N–H and O–H groups in total. The molecule has 7 nitrogen and oxygen atoms in total. The molecular weight excluding hydrogens is 479 g/mol. The minimum atomic E-state index is -0.968. The van der Waals surface area contributed by atoms with E-state index in [1.165, 1.54) is 23.5 Å². The van der Waals surface area contributed by atoms with Crippen LogP contribution in [0.15, 0.2) is 61.1 Å². The fraction of sp³-hybridized carbons (Fsp3) is 0.167. The van der Waals surface area contributed by atoms with Crippen LogP contribution in [0.2, 0.25) is 5.02 Å². The Hall–Kier alpha value is -3.40. The Labute approximate surface area is 204 Å². The van der Waals surface area contributed by atoms with E-state index >= 15 is 0 Å². The lowest BCUT2D eigenvalue weighted by Gasteiger charge is -2.30. The Morgan fingerprint density at radius 3 is 2.71 bits per heavy atom. The number of anilines is 1. The molecule has 0 unspecified atom stereocenters. The van der Waals surface area contributed by atoms with Gasteiger partial charge in [0.15, 0.2) is 0 Å². The van der Waals surface area contributed by atoms with Crippen molar-refractivity contribution in [2.45, 2.75) is 0 Å². The lowest BCUT2D eigenvalue weighted by atomic mass is 10.0. The molecule has 34 heavy (non-hydrogen) atoms. The maximum absolute atomic E-state index is 13.4. The normalized spacial score (nSPS) is 14.2. The number of nitrogens with one attached hydrogen (secondary N) is 3. The number of thiophene rings is 1. The van der Waals surface area contributed by atoms with Crippen molar-refractivity contribution in [3.05, 3.63) is 82.3 Å². The van der Waals surface area contributed by atoms with Gasteiger partial charge in [-0.2, -0.15) is 0 Å². The van der Waals surface area contributed by atoms with E-state index in [9.17, 15) is 14.3 Å². The molecule has 0 saturated carbocycles. The van der Waals surface area contributed by atoms with Gasteiger partial charge in [0.25, 0.3) is 0 Å². The van der Waals surface area contributed by atoms with Crippen molar-refractivity contribution in [2.75, 3.05) is 31.6 Å². The second kappa shape index (κ2) is 10.3. The number of carboxylic acids is 1. The van der Waals surface area contributed by atoms with E-state index in [2.05, 4.69) is 17.2 Å². The van der Waals surface area contributed by atoms with E-state index in [1.54, 1.807) is 18.3 Å². The van der Waals surface area contributed by atoms with Gasteiger partial charge in [0, 0.05) is 35.2 Å². The second-order valence-corrected chi connectivity index (χ2v) is 9.04. The molecule has 10 heteroatoms. The van der Waals surface area contributed by atoms with Gasteiger partial charge >= 0.3 is 5.97 Å². The lowest BCUT2D eigenvalue weighted by molar-refractivity contribution is 0.0683. The van der Waals surface area contributed by atoms with Crippen molar-refractivity contribution in [3.63, 3.8) is 0 Å². The quantitative estimate of drug-likeness (QED) is 0.262. The van der Waals surface area contributed by atoms with Crippen molar-refractivity contribution in [3.8, 4) is 0 Å². The van der Waals surface area contributed by atoms with Gasteiger partial charge in [0.05, 0.1) is 24.1 Å². The summed E-state index contributed by atoms with van der Waals surface area (Å²) in [5, 5.41) is 25.0. The van der Waals surface area contributed by atoms with Crippen LogP contribution in [-0.2, 0) is 4.74 Å². The lowest BCUT2D eigenvalue weighted by Crippen LogP contribution is -2.41. The summed E-state index contributed by atoms with van der Waals surface area (Å²) in [7, 11) is 0. The number of aromatic carboxylic acids is 1. The molecule has 0 amide bonds. The molecule has 2 aromatic carbocycles. The molecule has 1 aromatic heterocycles. The summed E-state index contributed by atoms with van der Waals surface area (Å²) < 4.78 is 19.7. The summed E-state index contributed by atoms with van der Waals surface area (Å²) in [5.74, 6) is -0.771. The van der Waals surface area contributed by atoms with Crippen LogP contribution >= 0.6 is 22.9 Å². The van der Waals surface area contributed by atoms with Gasteiger partial charge in [-0.25, -0.2) is 9.18 Å². The average Bonchev–Trinajstić information content (AvgIpc) is 3.26. The van der Waals surface area contributed by atoms with Crippen molar-refractivity contribution < 1.29 is 19.0 Å². The van der Waals surface area contributed by atoms with E-state index in [-0.39, 0.29) is 9.90 Å². The molecule has 0 bridgehead atoms. The van der Waals surface area contributed by atoms with Gasteiger partial charge in [0.1, 0.15) is 16.5 Å². The van der Waals surface area contributed by atoms with Crippen molar-refractivity contribution in [1.29, 1.82) is 5.41 Å². The van der Waals surface area contributed by atoms with Gasteiger partial charge in [0.2, 0.25) is 0 Å². The maximum atomic E-state index is 13.4. The Morgan fingerprint density at radius 1 is 1.24 bits per heavy atom. The first-order valence-electron chi connectivity index (χ1n) is 10.4. The number of benzene rings is 2. The van der Waals surface area contributed by atoms with Crippen LogP contribution in [0.3, 0.4) is 0 Å². The molecule has 0 radical (unpaired) electrons. The first-order chi connectivity index (χ1) is 16.3. The van der Waals surface area contributed by atoms with Gasteiger partial charge < -0.3 is 25.4 Å². The van der Waals surface area contributed by atoms with Crippen LogP contribution in [0, 0.1) is 11.2 Å². The zero-order chi connectivity index (χ0) is 24.2.